The topological polar surface area (TPSA) is 93.9 Å². The van der Waals surface area contributed by atoms with Crippen molar-refractivity contribution in [3.8, 4) is 5.75 Å². The molecule has 9 nitrogen and oxygen atoms in total. The molecule has 1 N–H and O–H groups in total. The summed E-state index contributed by atoms with van der Waals surface area (Å²) >= 11 is 0. The van der Waals surface area contributed by atoms with E-state index in [1.807, 2.05) is 25.1 Å². The van der Waals surface area contributed by atoms with Gasteiger partial charge in [0.2, 0.25) is 0 Å². The largest absolute Gasteiger partial charge is 0.497 e. The Kier molecular flexibility index (Phi) is 5.78. The van der Waals surface area contributed by atoms with Crippen molar-refractivity contribution < 1.29 is 14.3 Å². The minimum Gasteiger partial charge on any atom is -0.497 e. The van der Waals surface area contributed by atoms with E-state index in [9.17, 15) is 4.79 Å². The highest BCUT2D eigenvalue weighted by Crippen LogP contribution is 2.24. The predicted octanol–water partition coefficient (Wildman–Crippen LogP) is 3.81. The molecule has 33 heavy (non-hydrogen) atoms. The molecule has 1 aliphatic rings. The molecule has 2 aromatic carbocycles. The molecular weight excluding hydrogens is 420 g/mol. The molecule has 3 heterocycles. The Hall–Kier alpha value is -3.72. The number of pyridine rings is 1. The van der Waals surface area contributed by atoms with E-state index in [0.29, 0.717) is 30.2 Å². The number of hydrogen-bond donors (Lipinski definition) is 1. The highest BCUT2D eigenvalue weighted by Gasteiger charge is 2.24. The molecule has 2 aromatic heterocycles. The summed E-state index contributed by atoms with van der Waals surface area (Å²) in [5.41, 5.74) is 4.24. The zero-order chi connectivity index (χ0) is 22.8. The number of nitrogens with one attached hydrogen (secondary N) is 1. The molecule has 9 heteroatoms. The Balaban J connectivity index is 1.47. The van der Waals surface area contributed by atoms with Gasteiger partial charge in [0, 0.05) is 35.9 Å². The van der Waals surface area contributed by atoms with Crippen LogP contribution in [0.2, 0.25) is 0 Å². The molecular formula is C24H26N6O3. The smallest absolute Gasteiger partial charge is 0.322 e. The van der Waals surface area contributed by atoms with Gasteiger partial charge in [0.15, 0.2) is 5.65 Å². The molecule has 0 saturated carbocycles. The number of hydrogen-bond acceptors (Lipinski definition) is 6. The van der Waals surface area contributed by atoms with Crippen LogP contribution in [0.25, 0.3) is 16.6 Å². The monoisotopic (exact) mass is 446 g/mol. The SMILES string of the molecule is COc1cccc(NC(=O)N(Cc2cc3ccc(C)cc3n3nnnc23)C[C@@H]2CCCO2)c1. The number of tetrazole rings is 1. The molecule has 0 radical (unpaired) electrons. The molecule has 1 fully saturated rings. The van der Waals surface area contributed by atoms with E-state index in [2.05, 4.69) is 45.1 Å². The van der Waals surface area contributed by atoms with Crippen LogP contribution in [0.3, 0.4) is 0 Å². The van der Waals surface area contributed by atoms with E-state index in [-0.39, 0.29) is 12.1 Å². The van der Waals surface area contributed by atoms with Gasteiger partial charge in [-0.25, -0.2) is 4.79 Å². The van der Waals surface area contributed by atoms with Crippen LogP contribution in [0, 0.1) is 6.92 Å². The molecule has 0 bridgehead atoms. The number of urea groups is 1. The van der Waals surface area contributed by atoms with Crippen molar-refractivity contribution in [3.63, 3.8) is 0 Å². The zero-order valence-electron chi connectivity index (χ0n) is 18.7. The van der Waals surface area contributed by atoms with E-state index in [1.54, 1.807) is 22.6 Å². The van der Waals surface area contributed by atoms with Gasteiger partial charge < -0.3 is 19.7 Å². The fourth-order valence-corrected chi connectivity index (χ4v) is 4.24. The first-order valence-electron chi connectivity index (χ1n) is 11.0. The summed E-state index contributed by atoms with van der Waals surface area (Å²) in [7, 11) is 1.60. The molecule has 0 aliphatic carbocycles. The summed E-state index contributed by atoms with van der Waals surface area (Å²) in [4.78, 5) is 15.1. The lowest BCUT2D eigenvalue weighted by molar-refractivity contribution is 0.0820. The van der Waals surface area contributed by atoms with Gasteiger partial charge in [-0.1, -0.05) is 18.2 Å². The average molecular weight is 447 g/mol. The molecule has 1 aliphatic heterocycles. The quantitative estimate of drug-likeness (QED) is 0.484. The van der Waals surface area contributed by atoms with Gasteiger partial charge in [-0.2, -0.15) is 4.52 Å². The second-order valence-electron chi connectivity index (χ2n) is 8.32. The molecule has 1 saturated heterocycles. The van der Waals surface area contributed by atoms with E-state index in [4.69, 9.17) is 9.47 Å². The summed E-state index contributed by atoms with van der Waals surface area (Å²) in [6.45, 7) is 3.60. The summed E-state index contributed by atoms with van der Waals surface area (Å²) in [6, 6.07) is 15.3. The Labute approximate surface area is 191 Å². The van der Waals surface area contributed by atoms with Crippen LogP contribution in [-0.2, 0) is 11.3 Å². The predicted molar refractivity (Wildman–Crippen MR) is 124 cm³/mol. The first-order chi connectivity index (χ1) is 16.1. The van der Waals surface area contributed by atoms with Gasteiger partial charge in [-0.05, 0) is 60.0 Å². The van der Waals surface area contributed by atoms with Crippen LogP contribution in [0.4, 0.5) is 10.5 Å². The minimum atomic E-state index is -0.214. The molecule has 4 aromatic rings. The normalized spacial score (nSPS) is 15.8. The lowest BCUT2D eigenvalue weighted by Crippen LogP contribution is -2.39. The third-order valence-electron chi connectivity index (χ3n) is 5.92. The van der Waals surface area contributed by atoms with E-state index >= 15 is 0 Å². The second kappa shape index (κ2) is 9.03. The number of anilines is 1. The number of aryl methyl sites for hydroxylation is 1. The van der Waals surface area contributed by atoms with Crippen molar-refractivity contribution in [2.45, 2.75) is 32.4 Å². The average Bonchev–Trinajstić information content (AvgIpc) is 3.51. The number of carbonyl (C=O) groups is 1. The van der Waals surface area contributed by atoms with Crippen molar-refractivity contribution in [1.29, 1.82) is 0 Å². The molecule has 0 spiro atoms. The van der Waals surface area contributed by atoms with Crippen molar-refractivity contribution in [2.75, 3.05) is 25.6 Å². The number of nitrogens with zero attached hydrogens (tertiary/aromatic N) is 5. The molecule has 1 atom stereocenters. The third-order valence-corrected chi connectivity index (χ3v) is 5.92. The van der Waals surface area contributed by atoms with Crippen molar-refractivity contribution in [3.05, 3.63) is 59.7 Å². The summed E-state index contributed by atoms with van der Waals surface area (Å²) < 4.78 is 12.8. The molecule has 0 unspecified atom stereocenters. The lowest BCUT2D eigenvalue weighted by Gasteiger charge is -2.26. The van der Waals surface area contributed by atoms with Crippen LogP contribution in [0.15, 0.2) is 48.5 Å². The number of fused-ring (bicyclic) bond motifs is 3. The summed E-state index contributed by atoms with van der Waals surface area (Å²) in [6.07, 6.45) is 1.95. The number of amides is 2. The lowest BCUT2D eigenvalue weighted by atomic mass is 10.1. The van der Waals surface area contributed by atoms with Crippen LogP contribution < -0.4 is 10.1 Å². The Morgan fingerprint density at radius 1 is 1.27 bits per heavy atom. The van der Waals surface area contributed by atoms with E-state index < -0.39 is 0 Å². The van der Waals surface area contributed by atoms with Gasteiger partial charge in [0.05, 0.1) is 25.3 Å². The number of aromatic nitrogens is 4. The Morgan fingerprint density at radius 3 is 3.00 bits per heavy atom. The maximum absolute atomic E-state index is 13.3. The summed E-state index contributed by atoms with van der Waals surface area (Å²) in [5, 5.41) is 16.3. The highest BCUT2D eigenvalue weighted by atomic mass is 16.5. The van der Waals surface area contributed by atoms with Crippen LogP contribution >= 0.6 is 0 Å². The van der Waals surface area contributed by atoms with Crippen molar-refractivity contribution >= 4 is 28.3 Å². The standard InChI is InChI=1S/C24H26N6O3/c1-16-8-9-17-12-18(23-26-27-28-30(23)22(17)11-16)14-29(15-21-7-4-10-33-21)24(31)25-19-5-3-6-20(13-19)32-2/h3,5-6,8-9,11-13,21H,4,7,10,14-15H2,1-2H3,(H,25,31)/t21-/m0/s1. The third kappa shape index (κ3) is 4.45. The molecule has 170 valence electrons. The minimum absolute atomic E-state index is 0.0104. The first-order valence-corrected chi connectivity index (χ1v) is 11.0. The van der Waals surface area contributed by atoms with Crippen LogP contribution in [-0.4, -0.2) is 57.3 Å². The molecule has 5 rings (SSSR count). The van der Waals surface area contributed by atoms with Crippen LogP contribution in [0.5, 0.6) is 5.75 Å². The maximum Gasteiger partial charge on any atom is 0.322 e. The fraction of sp³-hybridized carbons (Fsp3) is 0.333. The zero-order valence-corrected chi connectivity index (χ0v) is 18.7. The van der Waals surface area contributed by atoms with Gasteiger partial charge in [0.1, 0.15) is 5.75 Å². The number of carbonyl (C=O) groups excluding carboxylic acids is 1. The number of rotatable bonds is 6. The molecule has 2 amide bonds. The maximum atomic E-state index is 13.3. The van der Waals surface area contributed by atoms with E-state index in [1.165, 1.54) is 0 Å². The Morgan fingerprint density at radius 2 is 2.18 bits per heavy atom. The van der Waals surface area contributed by atoms with Crippen molar-refractivity contribution in [1.82, 2.24) is 24.9 Å². The Bertz CT molecular complexity index is 1300. The van der Waals surface area contributed by atoms with Gasteiger partial charge >= 0.3 is 6.03 Å². The van der Waals surface area contributed by atoms with Gasteiger partial charge in [0.25, 0.3) is 0 Å². The van der Waals surface area contributed by atoms with Crippen LogP contribution in [0.1, 0.15) is 24.0 Å². The van der Waals surface area contributed by atoms with Crippen molar-refractivity contribution in [2.24, 2.45) is 0 Å². The fourth-order valence-electron chi connectivity index (χ4n) is 4.24. The van der Waals surface area contributed by atoms with Gasteiger partial charge in [-0.15, -0.1) is 5.10 Å². The second-order valence-corrected chi connectivity index (χ2v) is 8.32. The van der Waals surface area contributed by atoms with Gasteiger partial charge in [-0.3, -0.25) is 0 Å². The number of methoxy groups -OCH3 is 1. The number of ether oxygens (including phenoxy) is 2. The first kappa shape index (κ1) is 21.1. The van der Waals surface area contributed by atoms with E-state index in [0.717, 1.165) is 41.5 Å². The number of benzene rings is 2. The summed E-state index contributed by atoms with van der Waals surface area (Å²) in [5.74, 6) is 0.680. The highest BCUT2D eigenvalue weighted by molar-refractivity contribution is 5.90.